The number of fused-ring (bicyclic) bond motifs is 6. The second-order valence-electron chi connectivity index (χ2n) is 7.67. The lowest BCUT2D eigenvalue weighted by atomic mass is 10.0. The summed E-state index contributed by atoms with van der Waals surface area (Å²) in [5, 5.41) is 9.74. The summed E-state index contributed by atoms with van der Waals surface area (Å²) in [4.78, 5) is 1.23. The molecule has 0 N–H and O–H groups in total. The number of benzene rings is 4. The van der Waals surface area contributed by atoms with Gasteiger partial charge in [0, 0.05) is 31.1 Å². The van der Waals surface area contributed by atoms with Crippen LogP contribution < -0.4 is 0 Å². The smallest absolute Gasteiger partial charge is 0.126 e. The van der Waals surface area contributed by atoms with Gasteiger partial charge in [-0.1, -0.05) is 24.3 Å². The summed E-state index contributed by atoms with van der Waals surface area (Å²) >= 11 is 3.57. The fourth-order valence-electron chi connectivity index (χ4n) is 4.27. The molecule has 0 aliphatic carbocycles. The van der Waals surface area contributed by atoms with Crippen LogP contribution in [0, 0.1) is 11.6 Å². The fraction of sp³-hybridized carbons (Fsp3) is 0.0769. The Morgan fingerprint density at radius 3 is 2.03 bits per heavy atom. The van der Waals surface area contributed by atoms with Crippen molar-refractivity contribution in [2.45, 2.75) is 12.8 Å². The number of rotatable bonds is 3. The number of halogens is 2. The molecular weight excluding hydrogens is 414 g/mol. The molecule has 4 aromatic carbocycles. The molecule has 0 atom stereocenters. The van der Waals surface area contributed by atoms with Crippen LogP contribution in [0.15, 0.2) is 72.1 Å². The van der Waals surface area contributed by atoms with E-state index in [1.54, 1.807) is 22.7 Å². The molecule has 0 saturated heterocycles. The average molecular weight is 431 g/mol. The van der Waals surface area contributed by atoms with Crippen LogP contribution in [0.4, 0.5) is 8.78 Å². The van der Waals surface area contributed by atoms with Gasteiger partial charge in [-0.15, -0.1) is 22.7 Å². The van der Waals surface area contributed by atoms with Crippen LogP contribution in [0.3, 0.4) is 0 Å². The molecule has 2 aromatic heterocycles. The standard InChI is InChI=1S/C26H16F2S2/c27-20-9-15(10-21(28)14-20)1-6-22-11-19-5-4-18-12-23-17(13-24(18)26(19)30-22)3-2-16-7-8-29-25(16)23/h2-5,7-14H,1,6H2. The van der Waals surface area contributed by atoms with E-state index in [0.29, 0.717) is 12.0 Å². The summed E-state index contributed by atoms with van der Waals surface area (Å²) in [5.41, 5.74) is 0.695. The van der Waals surface area contributed by atoms with Crippen LogP contribution in [0.1, 0.15) is 10.4 Å². The summed E-state index contributed by atoms with van der Waals surface area (Å²) in [5.74, 6) is -1.03. The molecule has 0 amide bonds. The molecule has 0 unspecified atom stereocenters. The van der Waals surface area contributed by atoms with Crippen LogP contribution in [0.25, 0.3) is 41.7 Å². The first-order chi connectivity index (χ1) is 14.6. The molecule has 4 heteroatoms. The largest absolute Gasteiger partial charge is 0.207 e. The van der Waals surface area contributed by atoms with Gasteiger partial charge in [-0.25, -0.2) is 8.78 Å². The predicted octanol–water partition coefficient (Wildman–Crippen LogP) is 8.49. The molecule has 0 aliphatic rings. The van der Waals surface area contributed by atoms with Gasteiger partial charge >= 0.3 is 0 Å². The average Bonchev–Trinajstić information content (AvgIpc) is 3.37. The van der Waals surface area contributed by atoms with E-state index in [4.69, 9.17) is 0 Å². The van der Waals surface area contributed by atoms with Gasteiger partial charge in [-0.05, 0) is 81.7 Å². The lowest BCUT2D eigenvalue weighted by molar-refractivity contribution is 0.579. The lowest BCUT2D eigenvalue weighted by Gasteiger charge is -2.05. The van der Waals surface area contributed by atoms with Gasteiger partial charge in [0.05, 0.1) is 0 Å². The Morgan fingerprint density at radius 2 is 1.27 bits per heavy atom. The molecule has 0 spiro atoms. The van der Waals surface area contributed by atoms with Crippen molar-refractivity contribution in [1.29, 1.82) is 0 Å². The summed E-state index contributed by atoms with van der Waals surface area (Å²) in [7, 11) is 0. The SMILES string of the molecule is Fc1cc(F)cc(CCc2cc3ccc4cc5c(ccc6ccsc65)cc4c3s2)c1. The van der Waals surface area contributed by atoms with Crippen molar-refractivity contribution in [2.75, 3.05) is 0 Å². The molecule has 6 aromatic rings. The Hall–Kier alpha value is -2.82. The molecule has 30 heavy (non-hydrogen) atoms. The van der Waals surface area contributed by atoms with Crippen molar-refractivity contribution >= 4 is 64.4 Å². The van der Waals surface area contributed by atoms with Gasteiger partial charge in [-0.3, -0.25) is 0 Å². The molecule has 146 valence electrons. The van der Waals surface area contributed by atoms with Crippen LogP contribution in [0.5, 0.6) is 0 Å². The van der Waals surface area contributed by atoms with E-state index < -0.39 is 11.6 Å². The van der Waals surface area contributed by atoms with Crippen molar-refractivity contribution < 1.29 is 8.78 Å². The maximum absolute atomic E-state index is 13.5. The topological polar surface area (TPSA) is 0 Å². The first-order valence-electron chi connectivity index (χ1n) is 9.84. The van der Waals surface area contributed by atoms with E-state index in [1.165, 1.54) is 58.7 Å². The minimum absolute atomic E-state index is 0.515. The van der Waals surface area contributed by atoms with Gasteiger partial charge in [0.1, 0.15) is 11.6 Å². The van der Waals surface area contributed by atoms with E-state index in [-0.39, 0.29) is 0 Å². The van der Waals surface area contributed by atoms with Crippen LogP contribution in [-0.2, 0) is 12.8 Å². The highest BCUT2D eigenvalue weighted by molar-refractivity contribution is 7.20. The molecule has 0 fully saturated rings. The highest BCUT2D eigenvalue weighted by Gasteiger charge is 2.10. The highest BCUT2D eigenvalue weighted by Crippen LogP contribution is 2.38. The number of aryl methyl sites for hydroxylation is 2. The molecule has 2 heterocycles. The molecule has 6 rings (SSSR count). The zero-order chi connectivity index (χ0) is 20.2. The maximum atomic E-state index is 13.5. The predicted molar refractivity (Wildman–Crippen MR) is 126 cm³/mol. The van der Waals surface area contributed by atoms with Gasteiger partial charge in [0.2, 0.25) is 0 Å². The van der Waals surface area contributed by atoms with Crippen molar-refractivity contribution in [1.82, 2.24) is 0 Å². The molecule has 0 nitrogen and oxygen atoms in total. The molecule has 0 aliphatic heterocycles. The Labute approximate surface area is 180 Å². The summed E-state index contributed by atoms with van der Waals surface area (Å²) < 4.78 is 29.5. The highest BCUT2D eigenvalue weighted by atomic mass is 32.1. The van der Waals surface area contributed by atoms with Crippen molar-refractivity contribution in [3.63, 3.8) is 0 Å². The zero-order valence-corrected chi connectivity index (χ0v) is 17.5. The minimum atomic E-state index is -0.515. The van der Waals surface area contributed by atoms with Crippen molar-refractivity contribution in [2.24, 2.45) is 0 Å². The zero-order valence-electron chi connectivity index (χ0n) is 15.9. The van der Waals surface area contributed by atoms with Crippen LogP contribution in [-0.4, -0.2) is 0 Å². The summed E-state index contributed by atoms with van der Waals surface area (Å²) in [6.45, 7) is 0. The second kappa shape index (κ2) is 6.86. The Morgan fingerprint density at radius 1 is 0.600 bits per heavy atom. The third-order valence-corrected chi connectivity index (χ3v) is 7.89. The van der Waals surface area contributed by atoms with Crippen molar-refractivity contribution in [3.8, 4) is 0 Å². The van der Waals surface area contributed by atoms with E-state index in [0.717, 1.165) is 12.5 Å². The quantitative estimate of drug-likeness (QED) is 0.247. The van der Waals surface area contributed by atoms with Gasteiger partial charge in [-0.2, -0.15) is 0 Å². The van der Waals surface area contributed by atoms with Crippen molar-refractivity contribution in [3.05, 3.63) is 94.2 Å². The Balaban J connectivity index is 1.43. The monoisotopic (exact) mass is 430 g/mol. The summed E-state index contributed by atoms with van der Waals surface area (Å²) in [6, 6.07) is 21.5. The van der Waals surface area contributed by atoms with E-state index in [9.17, 15) is 8.78 Å². The minimum Gasteiger partial charge on any atom is -0.207 e. The van der Waals surface area contributed by atoms with Gasteiger partial charge < -0.3 is 0 Å². The van der Waals surface area contributed by atoms with E-state index in [1.807, 2.05) is 0 Å². The number of thiophene rings is 2. The normalized spacial score (nSPS) is 11.9. The lowest BCUT2D eigenvalue weighted by Crippen LogP contribution is -1.91. The van der Waals surface area contributed by atoms with Gasteiger partial charge in [0.15, 0.2) is 0 Å². The first-order valence-corrected chi connectivity index (χ1v) is 11.5. The first kappa shape index (κ1) is 18.0. The maximum Gasteiger partial charge on any atom is 0.126 e. The van der Waals surface area contributed by atoms with E-state index in [2.05, 4.69) is 53.9 Å². The molecule has 0 radical (unpaired) electrons. The summed E-state index contributed by atoms with van der Waals surface area (Å²) in [6.07, 6.45) is 1.39. The third-order valence-electron chi connectivity index (χ3n) is 5.69. The van der Waals surface area contributed by atoms with E-state index >= 15 is 0 Å². The Kier molecular flexibility index (Phi) is 4.12. The second-order valence-corrected chi connectivity index (χ2v) is 9.73. The van der Waals surface area contributed by atoms with Crippen LogP contribution >= 0.6 is 22.7 Å². The molecular formula is C26H16F2S2. The van der Waals surface area contributed by atoms with Crippen LogP contribution in [0.2, 0.25) is 0 Å². The molecule has 0 bridgehead atoms. The number of hydrogen-bond donors (Lipinski definition) is 0. The third kappa shape index (κ3) is 2.99. The van der Waals surface area contributed by atoms with Gasteiger partial charge in [0.25, 0.3) is 0 Å². The fourth-order valence-corrected chi connectivity index (χ4v) is 6.38. The number of hydrogen-bond acceptors (Lipinski definition) is 2. The Bertz CT molecular complexity index is 1550. The molecule has 0 saturated carbocycles.